The van der Waals surface area contributed by atoms with Gasteiger partial charge in [-0.05, 0) is 73.5 Å². The molecular weight excluding hydrogens is 642 g/mol. The fraction of sp³-hybridized carbons (Fsp3) is 0.316. The number of aromatic nitrogens is 4. The molecule has 8 bridgehead atoms. The van der Waals surface area contributed by atoms with Gasteiger partial charge < -0.3 is 19.0 Å². The third-order valence-corrected chi connectivity index (χ3v) is 11.2. The molecule has 6 aromatic rings. The van der Waals surface area contributed by atoms with Crippen molar-refractivity contribution in [3.8, 4) is 16.9 Å². The Morgan fingerprint density at radius 1 is 0.979 bits per heavy atom. The molecule has 0 atom stereocenters. The van der Waals surface area contributed by atoms with Gasteiger partial charge in [0.25, 0.3) is 0 Å². The van der Waals surface area contributed by atoms with Gasteiger partial charge in [0, 0.05) is 83.9 Å². The Labute approximate surface area is 288 Å². The van der Waals surface area contributed by atoms with Crippen LogP contribution in [0.5, 0.6) is 5.75 Å². The molecule has 0 radical (unpaired) electrons. The summed E-state index contributed by atoms with van der Waals surface area (Å²) < 4.78 is 12.7. The van der Waals surface area contributed by atoms with E-state index in [1.807, 2.05) is 41.5 Å². The number of benzene rings is 3. The fourth-order valence-electron chi connectivity index (χ4n) is 7.78. The maximum absolute atomic E-state index is 12.8. The number of ether oxygens (including phenoxy) is 1. The average Bonchev–Trinajstić information content (AvgIpc) is 3.80. The van der Waals surface area contributed by atoms with Crippen molar-refractivity contribution in [3.05, 3.63) is 99.7 Å². The molecule has 0 fully saturated rings. The summed E-state index contributed by atoms with van der Waals surface area (Å²) in [5.74, 6) is 0.695. The molecular formula is C38H38ClN5O3S. The highest BCUT2D eigenvalue weighted by Gasteiger charge is 2.29. The molecule has 1 N–H and O–H groups in total. The number of thioether (sulfide) groups is 1. The molecule has 0 amide bonds. The van der Waals surface area contributed by atoms with E-state index in [-0.39, 0.29) is 0 Å². The number of hydrogen-bond acceptors (Lipinski definition) is 5. The third-order valence-electron chi connectivity index (χ3n) is 9.85. The summed E-state index contributed by atoms with van der Waals surface area (Å²) in [6.07, 6.45) is 5.55. The zero-order chi connectivity index (χ0) is 33.1. The summed E-state index contributed by atoms with van der Waals surface area (Å²) >= 11 is 8.89. The Morgan fingerprint density at radius 3 is 2.69 bits per heavy atom. The van der Waals surface area contributed by atoms with Crippen molar-refractivity contribution in [2.75, 3.05) is 13.7 Å². The second kappa shape index (κ2) is 12.4. The largest absolute Gasteiger partial charge is 0.493 e. The lowest BCUT2D eigenvalue weighted by Gasteiger charge is -2.18. The second-order valence-electron chi connectivity index (χ2n) is 13.1. The third kappa shape index (κ3) is 5.38. The zero-order valence-electron chi connectivity index (χ0n) is 27.4. The van der Waals surface area contributed by atoms with Crippen molar-refractivity contribution in [1.29, 1.82) is 0 Å². The van der Waals surface area contributed by atoms with Gasteiger partial charge in [-0.2, -0.15) is 5.10 Å². The molecule has 0 spiro atoms. The topological polar surface area (TPSA) is 77.5 Å². The first-order valence-corrected chi connectivity index (χ1v) is 17.9. The predicted molar refractivity (Wildman–Crippen MR) is 192 cm³/mol. The summed E-state index contributed by atoms with van der Waals surface area (Å²) in [5, 5.41) is 19.2. The number of hydrogen-bond donors (Lipinski definition) is 1. The molecule has 8 rings (SSSR count). The number of aromatic carboxylic acids is 1. The standard InChI is InChI=1S/C38H38ClN5O3S/c1-41-19-24-20-44-14-6-11-32(44)34(24)35-31(39)13-12-30-29(37(38(45)46)42(2)36(30)35)10-7-15-47-33-18-27(16-23-8-4-5-9-28(23)33)48-22-26-17-25(21-41)40-43(26)3/h4-5,8-9,12-13,16-18,20H,6-7,10-11,14-15,19,21-22H2,1-3H3,(H,45,46). The van der Waals surface area contributed by atoms with Gasteiger partial charge >= 0.3 is 5.97 Å². The zero-order valence-corrected chi connectivity index (χ0v) is 29.0. The van der Waals surface area contributed by atoms with Crippen LogP contribution < -0.4 is 4.74 Å². The molecule has 2 aliphatic heterocycles. The highest BCUT2D eigenvalue weighted by molar-refractivity contribution is 7.98. The van der Waals surface area contributed by atoms with Crippen LogP contribution in [0, 0.1) is 0 Å². The smallest absolute Gasteiger partial charge is 0.352 e. The van der Waals surface area contributed by atoms with Gasteiger partial charge in [-0.15, -0.1) is 11.8 Å². The van der Waals surface area contributed by atoms with Gasteiger partial charge in [0.05, 0.1) is 22.8 Å². The Balaban J connectivity index is 1.28. The van der Waals surface area contributed by atoms with Crippen molar-refractivity contribution < 1.29 is 14.6 Å². The quantitative estimate of drug-likeness (QED) is 0.189. The van der Waals surface area contributed by atoms with Crippen molar-refractivity contribution in [2.45, 2.75) is 56.0 Å². The van der Waals surface area contributed by atoms with E-state index in [1.54, 1.807) is 11.8 Å². The van der Waals surface area contributed by atoms with Gasteiger partial charge in [-0.1, -0.05) is 41.9 Å². The number of fused-ring (bicyclic) bond motifs is 10. The van der Waals surface area contributed by atoms with Crippen molar-refractivity contribution >= 4 is 51.0 Å². The fourth-order valence-corrected chi connectivity index (χ4v) is 9.01. The van der Waals surface area contributed by atoms with Crippen LogP contribution in [0.1, 0.15) is 51.5 Å². The summed E-state index contributed by atoms with van der Waals surface area (Å²) in [6, 6.07) is 18.8. The number of rotatable bonds is 1. The highest BCUT2D eigenvalue weighted by atomic mass is 35.5. The summed E-state index contributed by atoms with van der Waals surface area (Å²) in [4.78, 5) is 16.3. The SMILES string of the molecule is CN1Cc2cc(n(C)n2)CSc2cc(c3ccccc3c2)OCCCc2c(C(=O)O)n(C)c3c(c(Cl)ccc23)-c2c(cn3c2CCC3)C1. The van der Waals surface area contributed by atoms with E-state index in [0.29, 0.717) is 43.3 Å². The van der Waals surface area contributed by atoms with E-state index in [0.717, 1.165) is 79.8 Å². The Kier molecular flexibility index (Phi) is 8.01. The lowest BCUT2D eigenvalue weighted by atomic mass is 9.96. The molecule has 48 heavy (non-hydrogen) atoms. The van der Waals surface area contributed by atoms with E-state index in [2.05, 4.69) is 59.1 Å². The lowest BCUT2D eigenvalue weighted by Crippen LogP contribution is -2.18. The molecule has 0 saturated heterocycles. The second-order valence-corrected chi connectivity index (χ2v) is 14.5. The molecule has 3 aromatic heterocycles. The van der Waals surface area contributed by atoms with Gasteiger partial charge in [-0.25, -0.2) is 4.79 Å². The van der Waals surface area contributed by atoms with Gasteiger partial charge in [-0.3, -0.25) is 9.58 Å². The van der Waals surface area contributed by atoms with Gasteiger partial charge in [0.1, 0.15) is 11.4 Å². The van der Waals surface area contributed by atoms with Crippen LogP contribution in [0.25, 0.3) is 32.8 Å². The molecule has 3 aromatic carbocycles. The Morgan fingerprint density at radius 2 is 1.83 bits per heavy atom. The molecule has 246 valence electrons. The summed E-state index contributed by atoms with van der Waals surface area (Å²) in [6.45, 7) is 2.84. The summed E-state index contributed by atoms with van der Waals surface area (Å²) in [7, 11) is 6.01. The monoisotopic (exact) mass is 679 g/mol. The van der Waals surface area contributed by atoms with Crippen LogP contribution in [-0.4, -0.2) is 48.5 Å². The maximum Gasteiger partial charge on any atom is 0.352 e. The van der Waals surface area contributed by atoms with E-state index in [1.165, 1.54) is 17.0 Å². The molecule has 5 heterocycles. The molecule has 8 nitrogen and oxygen atoms in total. The molecule has 0 aliphatic carbocycles. The maximum atomic E-state index is 12.8. The number of carboxylic acid groups (broad SMARTS) is 1. The van der Waals surface area contributed by atoms with Crippen molar-refractivity contribution in [1.82, 2.24) is 23.8 Å². The van der Waals surface area contributed by atoms with Crippen LogP contribution in [0.15, 0.2) is 65.7 Å². The predicted octanol–water partition coefficient (Wildman–Crippen LogP) is 8.08. The Hall–Kier alpha value is -4.18. The van der Waals surface area contributed by atoms with Crippen molar-refractivity contribution in [3.63, 3.8) is 0 Å². The Bertz CT molecular complexity index is 2230. The lowest BCUT2D eigenvalue weighted by molar-refractivity contribution is 0.0685. The first kappa shape index (κ1) is 31.1. The van der Waals surface area contributed by atoms with Gasteiger partial charge in [0.2, 0.25) is 0 Å². The normalized spacial score (nSPS) is 15.8. The number of halogens is 1. The van der Waals surface area contributed by atoms with Crippen molar-refractivity contribution in [2.24, 2.45) is 14.1 Å². The van der Waals surface area contributed by atoms with Gasteiger partial charge in [0.15, 0.2) is 0 Å². The van der Waals surface area contributed by atoms with Crippen LogP contribution in [-0.2, 0) is 52.3 Å². The van der Waals surface area contributed by atoms with E-state index < -0.39 is 5.97 Å². The average molecular weight is 680 g/mol. The molecule has 10 heteroatoms. The van der Waals surface area contributed by atoms with E-state index >= 15 is 0 Å². The minimum Gasteiger partial charge on any atom is -0.493 e. The van der Waals surface area contributed by atoms with Crippen LogP contribution in [0.4, 0.5) is 0 Å². The van der Waals surface area contributed by atoms with Crippen LogP contribution in [0.3, 0.4) is 0 Å². The number of carboxylic acids is 1. The molecule has 0 saturated carbocycles. The van der Waals surface area contributed by atoms with Crippen LogP contribution >= 0.6 is 23.4 Å². The number of carbonyl (C=O) groups is 1. The number of aryl methyl sites for hydroxylation is 4. The van der Waals surface area contributed by atoms with E-state index in [9.17, 15) is 9.90 Å². The molecule has 2 aliphatic rings. The molecule has 0 unspecified atom stereocenters. The summed E-state index contributed by atoms with van der Waals surface area (Å²) in [5.41, 5.74) is 8.71. The van der Waals surface area contributed by atoms with E-state index in [4.69, 9.17) is 21.4 Å². The van der Waals surface area contributed by atoms with Crippen LogP contribution in [0.2, 0.25) is 5.02 Å². The minimum absolute atomic E-state index is 0.306. The number of nitrogens with zero attached hydrogens (tertiary/aromatic N) is 5. The first-order chi connectivity index (χ1) is 23.3. The minimum atomic E-state index is -0.936. The first-order valence-electron chi connectivity index (χ1n) is 16.5. The highest BCUT2D eigenvalue weighted by Crippen LogP contribution is 2.44.